The Kier molecular flexibility index (Phi) is 6.81. The maximum absolute atomic E-state index is 11.0. The van der Waals surface area contributed by atoms with Crippen LogP contribution >= 0.6 is 11.6 Å². The van der Waals surface area contributed by atoms with Crippen LogP contribution in [-0.4, -0.2) is 29.9 Å². The third-order valence-electron chi connectivity index (χ3n) is 4.88. The Balaban J connectivity index is 1.75. The number of ether oxygens (including phenoxy) is 2. The number of benzene rings is 2. The number of nitrogens with zero attached hydrogens (tertiary/aromatic N) is 3. The average Bonchev–Trinajstić information content (AvgIpc) is 3.04. The van der Waals surface area contributed by atoms with Crippen molar-refractivity contribution in [1.82, 2.24) is 9.99 Å². The third kappa shape index (κ3) is 4.80. The molecule has 0 unspecified atom stereocenters. The highest BCUT2D eigenvalue weighted by Crippen LogP contribution is 2.29. The molecule has 0 fully saturated rings. The molecule has 8 nitrogen and oxygen atoms in total. The van der Waals surface area contributed by atoms with Gasteiger partial charge in [-0.15, -0.1) is 0 Å². The minimum atomic E-state index is -0.465. The highest BCUT2D eigenvalue weighted by molar-refractivity contribution is 6.32. The second-order valence-corrected chi connectivity index (χ2v) is 7.24. The third-order valence-corrected chi connectivity index (χ3v) is 5.18. The van der Waals surface area contributed by atoms with Gasteiger partial charge >= 0.3 is 0 Å². The first-order valence-electron chi connectivity index (χ1n) is 9.45. The number of aryl methyl sites for hydroxylation is 1. The number of halogens is 1. The fraction of sp³-hybridized carbons (Fsp3) is 0.227. The summed E-state index contributed by atoms with van der Waals surface area (Å²) in [5, 5.41) is 15.6. The van der Waals surface area contributed by atoms with Crippen LogP contribution in [0.5, 0.6) is 11.5 Å². The summed E-state index contributed by atoms with van der Waals surface area (Å²) in [6, 6.07) is 12.1. The zero-order valence-electron chi connectivity index (χ0n) is 17.7. The monoisotopic (exact) mass is 442 g/mol. The van der Waals surface area contributed by atoms with E-state index in [9.17, 15) is 10.1 Å². The smallest absolute Gasteiger partial charge is 0.271 e. The predicted molar refractivity (Wildman–Crippen MR) is 121 cm³/mol. The number of non-ortho nitro benzene ring substituents is 1. The summed E-state index contributed by atoms with van der Waals surface area (Å²) < 4.78 is 12.5. The summed E-state index contributed by atoms with van der Waals surface area (Å²) in [7, 11) is 3.20. The number of aromatic nitrogens is 1. The molecule has 162 valence electrons. The first-order chi connectivity index (χ1) is 14.8. The van der Waals surface area contributed by atoms with E-state index in [0.717, 1.165) is 22.5 Å². The number of nitrogens with one attached hydrogen (secondary N) is 1. The Morgan fingerprint density at radius 2 is 1.87 bits per heavy atom. The molecule has 1 N–H and O–H groups in total. The molecule has 3 rings (SSSR count). The van der Waals surface area contributed by atoms with Gasteiger partial charge in [0.05, 0.1) is 42.6 Å². The molecule has 3 aromatic rings. The Bertz CT molecular complexity index is 1140. The fourth-order valence-electron chi connectivity index (χ4n) is 3.32. The molecular formula is C22H23ClN4O4. The normalized spacial score (nSPS) is 11.0. The van der Waals surface area contributed by atoms with E-state index < -0.39 is 4.92 Å². The van der Waals surface area contributed by atoms with Gasteiger partial charge in [0.2, 0.25) is 0 Å². The Labute approximate surface area is 185 Å². The topological polar surface area (TPSA) is 90.9 Å². The zero-order valence-corrected chi connectivity index (χ0v) is 18.4. The standard InChI is InChI=1S/C22H23ClN4O4/c1-14-9-17(13-25-24-12-16-5-8-21(30-3)22(10-16)31-4)15(2)26(14)20-7-6-18(27(28)29)11-19(20)23/h5-11,13,24H,12H2,1-4H3/b25-13+. The summed E-state index contributed by atoms with van der Waals surface area (Å²) >= 11 is 6.31. The molecule has 0 aliphatic carbocycles. The summed E-state index contributed by atoms with van der Waals surface area (Å²) in [5.41, 5.74) is 7.43. The lowest BCUT2D eigenvalue weighted by atomic mass is 10.2. The number of nitro groups is 1. The number of rotatable bonds is 8. The predicted octanol–water partition coefficient (Wildman–Crippen LogP) is 4.80. The highest BCUT2D eigenvalue weighted by Gasteiger charge is 2.15. The molecule has 0 bridgehead atoms. The SMILES string of the molecule is COc1ccc(CN/N=C/c2cc(C)n(-c3ccc([N+](=O)[O-])cc3Cl)c2C)cc1OC. The van der Waals surface area contributed by atoms with E-state index in [4.69, 9.17) is 21.1 Å². The molecule has 31 heavy (non-hydrogen) atoms. The van der Waals surface area contributed by atoms with Gasteiger partial charge in [-0.1, -0.05) is 17.7 Å². The number of hydrogen-bond donors (Lipinski definition) is 1. The Hall–Kier alpha value is -3.52. The van der Waals surface area contributed by atoms with Crippen molar-refractivity contribution in [3.8, 4) is 17.2 Å². The van der Waals surface area contributed by atoms with Crippen LogP contribution in [0.25, 0.3) is 5.69 Å². The van der Waals surface area contributed by atoms with E-state index in [2.05, 4.69) is 10.5 Å². The van der Waals surface area contributed by atoms with Crippen molar-refractivity contribution in [1.29, 1.82) is 0 Å². The van der Waals surface area contributed by atoms with Crippen molar-refractivity contribution >= 4 is 23.5 Å². The number of nitro benzene ring substituents is 1. The van der Waals surface area contributed by atoms with Crippen LogP contribution in [0, 0.1) is 24.0 Å². The van der Waals surface area contributed by atoms with Gasteiger partial charge in [-0.2, -0.15) is 5.10 Å². The Morgan fingerprint density at radius 3 is 2.52 bits per heavy atom. The van der Waals surface area contributed by atoms with Gasteiger partial charge < -0.3 is 19.5 Å². The quantitative estimate of drug-likeness (QED) is 0.307. The van der Waals surface area contributed by atoms with Crippen LogP contribution in [0.3, 0.4) is 0 Å². The number of methoxy groups -OCH3 is 2. The molecular weight excluding hydrogens is 420 g/mol. The molecule has 0 saturated heterocycles. The summed E-state index contributed by atoms with van der Waals surface area (Å²) in [6.45, 7) is 4.41. The van der Waals surface area contributed by atoms with Crippen molar-refractivity contribution < 1.29 is 14.4 Å². The van der Waals surface area contributed by atoms with E-state index in [1.165, 1.54) is 12.1 Å². The van der Waals surface area contributed by atoms with Crippen molar-refractivity contribution in [2.75, 3.05) is 14.2 Å². The lowest BCUT2D eigenvalue weighted by molar-refractivity contribution is -0.384. The van der Waals surface area contributed by atoms with Crippen LogP contribution in [-0.2, 0) is 6.54 Å². The first kappa shape index (κ1) is 22.2. The highest BCUT2D eigenvalue weighted by atomic mass is 35.5. The van der Waals surface area contributed by atoms with Crippen molar-refractivity contribution in [2.24, 2.45) is 5.10 Å². The van der Waals surface area contributed by atoms with Crippen molar-refractivity contribution in [3.05, 3.63) is 80.1 Å². The van der Waals surface area contributed by atoms with Crippen LogP contribution < -0.4 is 14.9 Å². The molecule has 1 heterocycles. The molecule has 0 aliphatic heterocycles. The molecule has 0 saturated carbocycles. The van der Waals surface area contributed by atoms with Crippen LogP contribution in [0.15, 0.2) is 47.6 Å². The molecule has 2 aromatic carbocycles. The molecule has 0 aliphatic rings. The fourth-order valence-corrected chi connectivity index (χ4v) is 3.58. The summed E-state index contributed by atoms with van der Waals surface area (Å²) in [6.07, 6.45) is 1.74. The van der Waals surface area contributed by atoms with Crippen LogP contribution in [0.4, 0.5) is 5.69 Å². The molecule has 0 radical (unpaired) electrons. The van der Waals surface area contributed by atoms with Crippen molar-refractivity contribution in [2.45, 2.75) is 20.4 Å². The first-order valence-corrected chi connectivity index (χ1v) is 9.83. The van der Waals surface area contributed by atoms with Gasteiger partial charge in [0, 0.05) is 29.1 Å². The van der Waals surface area contributed by atoms with Gasteiger partial charge in [0.1, 0.15) is 0 Å². The zero-order chi connectivity index (χ0) is 22.5. The molecule has 1 aromatic heterocycles. The minimum absolute atomic E-state index is 0.0441. The minimum Gasteiger partial charge on any atom is -0.493 e. The van der Waals surface area contributed by atoms with E-state index in [1.54, 1.807) is 26.5 Å². The van der Waals surface area contributed by atoms with Crippen LogP contribution in [0.2, 0.25) is 5.02 Å². The van der Waals surface area contributed by atoms with E-state index >= 15 is 0 Å². The van der Waals surface area contributed by atoms with Gasteiger partial charge in [-0.3, -0.25) is 10.1 Å². The molecule has 0 atom stereocenters. The maximum Gasteiger partial charge on any atom is 0.271 e. The maximum atomic E-state index is 11.0. The summed E-state index contributed by atoms with van der Waals surface area (Å²) in [4.78, 5) is 10.5. The average molecular weight is 443 g/mol. The number of hydrazone groups is 1. The second kappa shape index (κ2) is 9.53. The molecule has 0 spiro atoms. The largest absolute Gasteiger partial charge is 0.493 e. The second-order valence-electron chi connectivity index (χ2n) is 6.84. The van der Waals surface area contributed by atoms with E-state index in [1.807, 2.05) is 42.7 Å². The Morgan fingerprint density at radius 1 is 1.13 bits per heavy atom. The van der Waals surface area contributed by atoms with Crippen LogP contribution in [0.1, 0.15) is 22.5 Å². The summed E-state index contributed by atoms with van der Waals surface area (Å²) in [5.74, 6) is 1.33. The number of hydrogen-bond acceptors (Lipinski definition) is 6. The van der Waals surface area contributed by atoms with Gasteiger partial charge in [0.15, 0.2) is 11.5 Å². The van der Waals surface area contributed by atoms with E-state index in [0.29, 0.717) is 28.8 Å². The van der Waals surface area contributed by atoms with Gasteiger partial charge in [-0.05, 0) is 43.7 Å². The molecule has 0 amide bonds. The van der Waals surface area contributed by atoms with E-state index in [-0.39, 0.29) is 5.69 Å². The lowest BCUT2D eigenvalue weighted by Gasteiger charge is -2.11. The van der Waals surface area contributed by atoms with Gasteiger partial charge in [-0.25, -0.2) is 0 Å². The van der Waals surface area contributed by atoms with Crippen molar-refractivity contribution in [3.63, 3.8) is 0 Å². The lowest BCUT2D eigenvalue weighted by Crippen LogP contribution is -2.06. The van der Waals surface area contributed by atoms with Gasteiger partial charge in [0.25, 0.3) is 5.69 Å². The molecule has 9 heteroatoms.